The van der Waals surface area contributed by atoms with Crippen molar-refractivity contribution in [3.63, 3.8) is 0 Å². The van der Waals surface area contributed by atoms with Crippen LogP contribution in [0.5, 0.6) is 5.75 Å². The van der Waals surface area contributed by atoms with E-state index in [4.69, 9.17) is 0 Å². The molecule has 0 bridgehead atoms. The summed E-state index contributed by atoms with van der Waals surface area (Å²) in [5.74, 6) is -0.392. The normalized spacial score (nSPS) is 10.1. The zero-order chi connectivity index (χ0) is 21.2. The standard InChI is InChI=1S/C18H15S.C8H7FO2/c1-4-10-16(11-5-1)19(17-12-6-2-7-13-17)18-14-8-3-9-15-18;1-6(10)11-8-4-2-7(9)3-5-8/h1-15H;2-5H,1H3/q+1;. The minimum absolute atomic E-state index is 0.0146. The number of rotatable bonds is 4. The van der Waals surface area contributed by atoms with Crippen LogP contribution in [0, 0.1) is 5.82 Å². The molecule has 0 unspecified atom stereocenters. The molecule has 2 nitrogen and oxygen atoms in total. The summed E-state index contributed by atoms with van der Waals surface area (Å²) in [4.78, 5) is 14.5. The molecule has 0 radical (unpaired) electrons. The van der Waals surface area contributed by atoms with Crippen molar-refractivity contribution in [3.8, 4) is 5.75 Å². The second-order valence-electron chi connectivity index (χ2n) is 6.29. The van der Waals surface area contributed by atoms with Gasteiger partial charge in [0.2, 0.25) is 0 Å². The van der Waals surface area contributed by atoms with E-state index in [0.717, 1.165) is 0 Å². The van der Waals surface area contributed by atoms with Crippen LogP contribution >= 0.6 is 0 Å². The molecule has 0 aliphatic heterocycles. The third-order valence-corrected chi connectivity index (χ3v) is 6.24. The Morgan fingerprint density at radius 1 is 0.633 bits per heavy atom. The Hall–Kier alpha value is -3.37. The number of benzene rings is 4. The van der Waals surface area contributed by atoms with E-state index in [1.165, 1.54) is 45.9 Å². The van der Waals surface area contributed by atoms with Gasteiger partial charge >= 0.3 is 5.97 Å². The van der Waals surface area contributed by atoms with Gasteiger partial charge in [-0.2, -0.15) is 0 Å². The Kier molecular flexibility index (Phi) is 7.81. The summed E-state index contributed by atoms with van der Waals surface area (Å²) in [7, 11) is -0.0146. The van der Waals surface area contributed by atoms with E-state index in [1.54, 1.807) is 0 Å². The van der Waals surface area contributed by atoms with E-state index in [1.807, 2.05) is 0 Å². The first kappa shape index (κ1) is 21.3. The molecule has 0 N–H and O–H groups in total. The average Bonchev–Trinajstić information content (AvgIpc) is 2.78. The molecule has 4 aromatic carbocycles. The summed E-state index contributed by atoms with van der Waals surface area (Å²) < 4.78 is 16.9. The van der Waals surface area contributed by atoms with Crippen LogP contribution in [0.4, 0.5) is 4.39 Å². The van der Waals surface area contributed by atoms with Crippen LogP contribution in [0.15, 0.2) is 130 Å². The number of carbonyl (C=O) groups is 1. The lowest BCUT2D eigenvalue weighted by molar-refractivity contribution is -0.131. The van der Waals surface area contributed by atoms with E-state index in [-0.39, 0.29) is 16.7 Å². The van der Waals surface area contributed by atoms with Crippen LogP contribution in [0.1, 0.15) is 6.92 Å². The molecule has 0 heterocycles. The van der Waals surface area contributed by atoms with Crippen molar-refractivity contribution in [1.82, 2.24) is 0 Å². The molecule has 0 amide bonds. The Morgan fingerprint density at radius 2 is 1.00 bits per heavy atom. The van der Waals surface area contributed by atoms with Gasteiger partial charge in [-0.15, -0.1) is 0 Å². The summed E-state index contributed by atoms with van der Waals surface area (Å²) in [6.45, 7) is 1.29. The minimum Gasteiger partial charge on any atom is -0.427 e. The Balaban J connectivity index is 0.000000199. The van der Waals surface area contributed by atoms with Crippen molar-refractivity contribution in [2.45, 2.75) is 21.6 Å². The lowest BCUT2D eigenvalue weighted by Crippen LogP contribution is -2.04. The molecule has 0 atom stereocenters. The molecular weight excluding hydrogens is 395 g/mol. The van der Waals surface area contributed by atoms with Crippen molar-refractivity contribution in [2.75, 3.05) is 0 Å². The van der Waals surface area contributed by atoms with Gasteiger partial charge in [-0.05, 0) is 60.7 Å². The predicted molar refractivity (Wildman–Crippen MR) is 119 cm³/mol. The van der Waals surface area contributed by atoms with Gasteiger partial charge in [0, 0.05) is 6.92 Å². The van der Waals surface area contributed by atoms with Crippen LogP contribution in [-0.2, 0) is 15.7 Å². The Labute approximate surface area is 179 Å². The van der Waals surface area contributed by atoms with Gasteiger partial charge in [-0.25, -0.2) is 4.39 Å². The molecule has 4 rings (SSSR count). The van der Waals surface area contributed by atoms with Gasteiger partial charge in [-0.3, -0.25) is 4.79 Å². The van der Waals surface area contributed by atoms with E-state index >= 15 is 0 Å². The largest absolute Gasteiger partial charge is 0.427 e. The van der Waals surface area contributed by atoms with E-state index in [9.17, 15) is 9.18 Å². The van der Waals surface area contributed by atoms with Crippen LogP contribution in [0.25, 0.3) is 0 Å². The monoisotopic (exact) mass is 417 g/mol. The number of ether oxygens (including phenoxy) is 1. The predicted octanol–water partition coefficient (Wildman–Crippen LogP) is 6.53. The fourth-order valence-corrected chi connectivity index (χ4v) is 4.85. The quantitative estimate of drug-likeness (QED) is 0.214. The third kappa shape index (κ3) is 6.33. The lowest BCUT2D eigenvalue weighted by Gasteiger charge is -2.07. The second-order valence-corrected chi connectivity index (χ2v) is 8.32. The maximum Gasteiger partial charge on any atom is 0.308 e. The van der Waals surface area contributed by atoms with Crippen molar-refractivity contribution >= 4 is 16.9 Å². The molecule has 0 spiro atoms. The van der Waals surface area contributed by atoms with Gasteiger partial charge < -0.3 is 4.74 Å². The van der Waals surface area contributed by atoms with Gasteiger partial charge in [0.1, 0.15) is 11.6 Å². The fraction of sp³-hybridized carbons (Fsp3) is 0.0385. The summed E-state index contributed by atoms with van der Waals surface area (Å²) in [5, 5.41) is 0. The van der Waals surface area contributed by atoms with Crippen molar-refractivity contribution in [2.24, 2.45) is 0 Å². The highest BCUT2D eigenvalue weighted by molar-refractivity contribution is 7.97. The topological polar surface area (TPSA) is 26.3 Å². The van der Waals surface area contributed by atoms with Crippen LogP contribution in [0.3, 0.4) is 0 Å². The molecule has 0 saturated heterocycles. The first-order valence-electron chi connectivity index (χ1n) is 9.47. The second kappa shape index (κ2) is 11.0. The summed E-state index contributed by atoms with van der Waals surface area (Å²) in [5.41, 5.74) is 0. The molecule has 30 heavy (non-hydrogen) atoms. The molecule has 4 aromatic rings. The van der Waals surface area contributed by atoms with E-state index in [2.05, 4.69) is 95.7 Å². The van der Waals surface area contributed by atoms with Gasteiger partial charge in [-0.1, -0.05) is 54.6 Å². The first-order chi connectivity index (χ1) is 14.6. The van der Waals surface area contributed by atoms with Gasteiger partial charge in [0.05, 0.1) is 10.9 Å². The Bertz CT molecular complexity index is 943. The zero-order valence-corrected chi connectivity index (χ0v) is 17.4. The molecule has 150 valence electrons. The van der Waals surface area contributed by atoms with Crippen LogP contribution in [0.2, 0.25) is 0 Å². The average molecular weight is 418 g/mol. The molecule has 0 aliphatic rings. The molecule has 0 fully saturated rings. The van der Waals surface area contributed by atoms with Gasteiger partial charge in [0.25, 0.3) is 0 Å². The number of hydrogen-bond donors (Lipinski definition) is 0. The number of esters is 1. The molecule has 4 heteroatoms. The fourth-order valence-electron chi connectivity index (χ4n) is 2.75. The lowest BCUT2D eigenvalue weighted by atomic mass is 10.3. The van der Waals surface area contributed by atoms with Crippen molar-refractivity contribution in [1.29, 1.82) is 0 Å². The van der Waals surface area contributed by atoms with Crippen LogP contribution < -0.4 is 4.74 Å². The SMILES string of the molecule is CC(=O)Oc1ccc(F)cc1.c1ccc([S+](c2ccccc2)c2ccccc2)cc1. The van der Waals surface area contributed by atoms with Crippen molar-refractivity contribution in [3.05, 3.63) is 121 Å². The number of hydrogen-bond acceptors (Lipinski definition) is 2. The van der Waals surface area contributed by atoms with Crippen molar-refractivity contribution < 1.29 is 13.9 Å². The molecule has 0 aliphatic carbocycles. The maximum atomic E-state index is 12.3. The zero-order valence-electron chi connectivity index (χ0n) is 16.6. The van der Waals surface area contributed by atoms with Crippen LogP contribution in [-0.4, -0.2) is 5.97 Å². The van der Waals surface area contributed by atoms with E-state index < -0.39 is 5.97 Å². The molecule has 0 aromatic heterocycles. The number of carbonyl (C=O) groups excluding carboxylic acids is 1. The summed E-state index contributed by atoms with van der Waals surface area (Å²) in [6, 6.07) is 37.4. The van der Waals surface area contributed by atoms with E-state index in [0.29, 0.717) is 5.75 Å². The molecular formula is C26H22FO2S+. The van der Waals surface area contributed by atoms with Gasteiger partial charge in [0.15, 0.2) is 14.7 Å². The highest BCUT2D eigenvalue weighted by atomic mass is 32.2. The number of halogens is 1. The Morgan fingerprint density at radius 3 is 1.33 bits per heavy atom. The smallest absolute Gasteiger partial charge is 0.308 e. The highest BCUT2D eigenvalue weighted by Gasteiger charge is 2.27. The maximum absolute atomic E-state index is 12.3. The minimum atomic E-state index is -0.406. The molecule has 0 saturated carbocycles. The summed E-state index contributed by atoms with van der Waals surface area (Å²) >= 11 is 0. The summed E-state index contributed by atoms with van der Waals surface area (Å²) in [6.07, 6.45) is 0. The first-order valence-corrected chi connectivity index (χ1v) is 10.7. The highest BCUT2D eigenvalue weighted by Crippen LogP contribution is 2.30. The third-order valence-electron chi connectivity index (χ3n) is 4.01.